The maximum Gasteiger partial charge on any atom is 0.416 e. The minimum absolute atomic E-state index is 0.00642. The third-order valence-corrected chi connectivity index (χ3v) is 6.16. The number of dihydropyridines is 1. The lowest BCUT2D eigenvalue weighted by molar-refractivity contribution is -0.137. The van der Waals surface area contributed by atoms with E-state index in [9.17, 15) is 18.0 Å². The van der Waals surface area contributed by atoms with Gasteiger partial charge >= 0.3 is 6.18 Å². The van der Waals surface area contributed by atoms with Gasteiger partial charge in [0, 0.05) is 49.9 Å². The van der Waals surface area contributed by atoms with Gasteiger partial charge in [0.15, 0.2) is 0 Å². The van der Waals surface area contributed by atoms with Crippen LogP contribution in [0.1, 0.15) is 45.1 Å². The summed E-state index contributed by atoms with van der Waals surface area (Å²) in [7, 11) is 1.60. The Hall–Kier alpha value is -2.77. The highest BCUT2D eigenvalue weighted by molar-refractivity contribution is 5.86. The van der Waals surface area contributed by atoms with E-state index in [-0.39, 0.29) is 17.9 Å². The van der Waals surface area contributed by atoms with Gasteiger partial charge in [0.05, 0.1) is 18.4 Å². The molecule has 2 aliphatic heterocycles. The average Bonchev–Trinajstić information content (AvgIpc) is 2.79. The highest BCUT2D eigenvalue weighted by atomic mass is 19.4. The Morgan fingerprint density at radius 1 is 1.27 bits per heavy atom. The van der Waals surface area contributed by atoms with E-state index in [1.165, 1.54) is 12.1 Å². The zero-order valence-corrected chi connectivity index (χ0v) is 19.5. The number of benzene rings is 1. The molecule has 3 rings (SSSR count). The third-order valence-electron chi connectivity index (χ3n) is 6.16. The van der Waals surface area contributed by atoms with Crippen molar-refractivity contribution in [3.8, 4) is 0 Å². The number of likely N-dealkylation sites (tertiary alicyclic amines) is 1. The Balaban J connectivity index is 1.84. The molecule has 180 valence electrons. The SMILES string of the molecule is C=C(C)CC(C)C(=O)N1CCC(N(C2=C(OC)CCN=C2)c2ccc(C(F)(F)F)cc2)CC1. The second kappa shape index (κ2) is 10.4. The number of anilines is 1. The van der Waals surface area contributed by atoms with Gasteiger partial charge in [-0.1, -0.05) is 12.5 Å². The van der Waals surface area contributed by atoms with E-state index in [4.69, 9.17) is 4.74 Å². The number of halogens is 3. The second-order valence-corrected chi connectivity index (χ2v) is 8.83. The zero-order chi connectivity index (χ0) is 24.2. The molecule has 1 saturated heterocycles. The first-order valence-corrected chi connectivity index (χ1v) is 11.3. The number of allylic oxidation sites excluding steroid dienone is 2. The molecule has 0 aliphatic carbocycles. The smallest absolute Gasteiger partial charge is 0.416 e. The summed E-state index contributed by atoms with van der Waals surface area (Å²) < 4.78 is 44.9. The highest BCUT2D eigenvalue weighted by Gasteiger charge is 2.34. The molecule has 33 heavy (non-hydrogen) atoms. The summed E-state index contributed by atoms with van der Waals surface area (Å²) in [6.45, 7) is 9.54. The third kappa shape index (κ3) is 5.97. The topological polar surface area (TPSA) is 45.1 Å². The number of rotatable bonds is 7. The van der Waals surface area contributed by atoms with Crippen LogP contribution in [0.4, 0.5) is 18.9 Å². The molecule has 2 heterocycles. The molecule has 1 aromatic carbocycles. The Bertz CT molecular complexity index is 914. The van der Waals surface area contributed by atoms with Gasteiger partial charge in [-0.25, -0.2) is 0 Å². The van der Waals surface area contributed by atoms with Crippen molar-refractivity contribution in [2.45, 2.75) is 51.7 Å². The van der Waals surface area contributed by atoms with Gasteiger partial charge in [0.2, 0.25) is 5.91 Å². The Morgan fingerprint density at radius 3 is 2.45 bits per heavy atom. The van der Waals surface area contributed by atoms with Gasteiger partial charge in [-0.2, -0.15) is 13.2 Å². The summed E-state index contributed by atoms with van der Waals surface area (Å²) >= 11 is 0. The van der Waals surface area contributed by atoms with Gasteiger partial charge in [0.1, 0.15) is 5.76 Å². The number of nitrogens with zero attached hydrogens (tertiary/aromatic N) is 3. The van der Waals surface area contributed by atoms with Crippen molar-refractivity contribution >= 4 is 17.8 Å². The molecule has 0 aromatic heterocycles. The first kappa shape index (κ1) is 24.9. The number of piperidine rings is 1. The lowest BCUT2D eigenvalue weighted by Crippen LogP contribution is -2.48. The quantitative estimate of drug-likeness (QED) is 0.506. The minimum atomic E-state index is -4.39. The largest absolute Gasteiger partial charge is 0.499 e. The van der Waals surface area contributed by atoms with Crippen LogP contribution in [0.15, 0.2) is 52.9 Å². The summed E-state index contributed by atoms with van der Waals surface area (Å²) in [4.78, 5) is 21.1. The molecule has 0 bridgehead atoms. The maximum absolute atomic E-state index is 13.1. The molecule has 0 spiro atoms. The number of alkyl halides is 3. The fraction of sp³-hybridized carbons (Fsp3) is 0.520. The van der Waals surface area contributed by atoms with Gasteiger partial charge in [0.25, 0.3) is 0 Å². The van der Waals surface area contributed by atoms with E-state index >= 15 is 0 Å². The molecule has 1 fully saturated rings. The molecule has 1 atom stereocenters. The number of hydrogen-bond acceptors (Lipinski definition) is 4. The zero-order valence-electron chi connectivity index (χ0n) is 19.5. The van der Waals surface area contributed by atoms with E-state index in [2.05, 4.69) is 11.6 Å². The number of aliphatic imine (C=N–C) groups is 1. The molecule has 2 aliphatic rings. The molecule has 1 unspecified atom stereocenters. The van der Waals surface area contributed by atoms with Crippen LogP contribution in [0.3, 0.4) is 0 Å². The fourth-order valence-corrected chi connectivity index (χ4v) is 4.54. The second-order valence-electron chi connectivity index (χ2n) is 8.83. The minimum Gasteiger partial charge on any atom is -0.499 e. The van der Waals surface area contributed by atoms with Crippen molar-refractivity contribution in [2.24, 2.45) is 10.9 Å². The highest BCUT2D eigenvalue weighted by Crippen LogP contribution is 2.34. The first-order valence-electron chi connectivity index (χ1n) is 11.3. The van der Waals surface area contributed by atoms with Crippen molar-refractivity contribution in [1.29, 1.82) is 0 Å². The number of carbonyl (C=O) groups is 1. The molecule has 0 N–H and O–H groups in total. The Labute approximate surface area is 193 Å². The van der Waals surface area contributed by atoms with E-state index in [1.54, 1.807) is 13.3 Å². The predicted octanol–water partition coefficient (Wildman–Crippen LogP) is 5.44. The number of ether oxygens (including phenoxy) is 1. The van der Waals surface area contributed by atoms with Gasteiger partial charge in [-0.3, -0.25) is 9.79 Å². The lowest BCUT2D eigenvalue weighted by Gasteiger charge is -2.41. The molecular weight excluding hydrogens is 431 g/mol. The van der Waals surface area contributed by atoms with E-state index in [1.807, 2.05) is 23.6 Å². The Morgan fingerprint density at radius 2 is 1.91 bits per heavy atom. The molecule has 1 aromatic rings. The molecule has 5 nitrogen and oxygen atoms in total. The van der Waals surface area contributed by atoms with Crippen LogP contribution in [0.5, 0.6) is 0 Å². The monoisotopic (exact) mass is 463 g/mol. The number of amides is 1. The molecule has 1 amide bonds. The van der Waals surface area contributed by atoms with Crippen LogP contribution in [-0.4, -0.2) is 49.8 Å². The summed E-state index contributed by atoms with van der Waals surface area (Å²) in [6.07, 6.45) is 0.0409. The summed E-state index contributed by atoms with van der Waals surface area (Å²) in [5.41, 5.74) is 1.72. The van der Waals surface area contributed by atoms with Crippen LogP contribution >= 0.6 is 0 Å². The molecule has 0 radical (unpaired) electrons. The van der Waals surface area contributed by atoms with E-state index in [0.717, 1.165) is 29.2 Å². The predicted molar refractivity (Wildman–Crippen MR) is 124 cm³/mol. The van der Waals surface area contributed by atoms with Crippen molar-refractivity contribution in [3.05, 3.63) is 53.4 Å². The van der Waals surface area contributed by atoms with Crippen molar-refractivity contribution in [2.75, 3.05) is 31.6 Å². The van der Waals surface area contributed by atoms with Crippen LogP contribution in [0.2, 0.25) is 0 Å². The van der Waals surface area contributed by atoms with Crippen molar-refractivity contribution in [3.63, 3.8) is 0 Å². The summed E-state index contributed by atoms with van der Waals surface area (Å²) in [5.74, 6) is 0.769. The van der Waals surface area contributed by atoms with Crippen molar-refractivity contribution in [1.82, 2.24) is 4.90 Å². The summed E-state index contributed by atoms with van der Waals surface area (Å²) in [6, 6.07) is 5.21. The number of methoxy groups -OCH3 is 1. The van der Waals surface area contributed by atoms with Gasteiger partial charge in [-0.15, -0.1) is 6.58 Å². The summed E-state index contributed by atoms with van der Waals surface area (Å²) in [5, 5.41) is 0. The number of hydrogen-bond donors (Lipinski definition) is 0. The molecule has 8 heteroatoms. The van der Waals surface area contributed by atoms with Crippen LogP contribution in [-0.2, 0) is 15.7 Å². The maximum atomic E-state index is 13.1. The van der Waals surface area contributed by atoms with Gasteiger partial charge < -0.3 is 14.5 Å². The van der Waals surface area contributed by atoms with Crippen LogP contribution in [0, 0.1) is 5.92 Å². The van der Waals surface area contributed by atoms with E-state index in [0.29, 0.717) is 51.0 Å². The van der Waals surface area contributed by atoms with E-state index < -0.39 is 11.7 Å². The first-order chi connectivity index (χ1) is 15.6. The van der Waals surface area contributed by atoms with Crippen molar-refractivity contribution < 1.29 is 22.7 Å². The van der Waals surface area contributed by atoms with Crippen LogP contribution in [0.25, 0.3) is 0 Å². The van der Waals surface area contributed by atoms with Gasteiger partial charge in [-0.05, 0) is 50.5 Å². The normalized spacial score (nSPS) is 18.3. The molecular formula is C25H32F3N3O2. The van der Waals surface area contributed by atoms with Crippen LogP contribution < -0.4 is 4.90 Å². The standard InChI is InChI=1S/C25H32F3N3O2/c1-17(2)15-18(3)24(32)30-13-10-21(11-14-30)31(22-16-29-12-9-23(22)33-4)20-7-5-19(6-8-20)25(26,27)28/h5-8,16,18,21H,1,9-15H2,2-4H3. The Kier molecular flexibility index (Phi) is 7.87. The molecule has 0 saturated carbocycles. The average molecular weight is 464 g/mol. The number of carbonyl (C=O) groups excluding carboxylic acids is 1. The fourth-order valence-electron chi connectivity index (χ4n) is 4.54. The lowest BCUT2D eigenvalue weighted by atomic mass is 9.97.